The molecule has 0 aliphatic rings. The first kappa shape index (κ1) is 24.0. The smallest absolute Gasteiger partial charge is 0.295 e. The summed E-state index contributed by atoms with van der Waals surface area (Å²) in [7, 11) is 1.76. The molecule has 0 fully saturated rings. The van der Waals surface area contributed by atoms with Crippen molar-refractivity contribution in [1.82, 2.24) is 9.36 Å². The van der Waals surface area contributed by atoms with Gasteiger partial charge in [-0.2, -0.15) is 0 Å². The summed E-state index contributed by atoms with van der Waals surface area (Å²) in [6, 6.07) is 12.2. The Morgan fingerprint density at radius 1 is 1.06 bits per heavy atom. The summed E-state index contributed by atoms with van der Waals surface area (Å²) in [5, 5.41) is 3.22. The van der Waals surface area contributed by atoms with E-state index in [0.717, 1.165) is 25.7 Å². The Hall–Kier alpha value is -2.70. The Bertz CT molecular complexity index is 1130. The predicted molar refractivity (Wildman–Crippen MR) is 130 cm³/mol. The third kappa shape index (κ3) is 5.19. The molecule has 0 saturated carbocycles. The lowest BCUT2D eigenvalue weighted by Gasteiger charge is -2.12. The second-order valence-electron chi connectivity index (χ2n) is 7.57. The topological polar surface area (TPSA) is 65.3 Å². The van der Waals surface area contributed by atoms with Crippen molar-refractivity contribution in [2.75, 3.05) is 11.9 Å². The average molecular weight is 476 g/mol. The molecule has 0 radical (unpaired) electrons. The van der Waals surface area contributed by atoms with Crippen molar-refractivity contribution in [2.24, 2.45) is 7.05 Å². The number of hydrogen-bond acceptors (Lipinski definition) is 3. The third-order valence-electron chi connectivity index (χ3n) is 5.30. The molecule has 32 heavy (non-hydrogen) atoms. The maximum atomic E-state index is 13.0. The highest BCUT2D eigenvalue weighted by molar-refractivity contribution is 6.37. The summed E-state index contributed by atoms with van der Waals surface area (Å²) < 4.78 is 8.92. The number of anilines is 1. The van der Waals surface area contributed by atoms with Crippen LogP contribution in [-0.4, -0.2) is 21.9 Å². The van der Waals surface area contributed by atoms with Crippen molar-refractivity contribution < 1.29 is 9.53 Å². The van der Waals surface area contributed by atoms with E-state index in [4.69, 9.17) is 27.9 Å². The second-order valence-corrected chi connectivity index (χ2v) is 8.38. The first-order chi connectivity index (χ1) is 15.3. The number of carbonyl (C=O) groups excluding carboxylic acids is 1. The summed E-state index contributed by atoms with van der Waals surface area (Å²) in [6.07, 6.45) is 4.27. The van der Waals surface area contributed by atoms with Gasteiger partial charge in [0.15, 0.2) is 5.75 Å². The number of carbonyl (C=O) groups is 1. The van der Waals surface area contributed by atoms with Crippen molar-refractivity contribution in [3.05, 3.63) is 74.1 Å². The molecule has 0 bridgehead atoms. The number of ether oxygens (including phenoxy) is 1. The zero-order valence-electron chi connectivity index (χ0n) is 18.5. The highest BCUT2D eigenvalue weighted by atomic mass is 35.5. The van der Waals surface area contributed by atoms with Crippen LogP contribution in [0.2, 0.25) is 10.0 Å². The molecule has 3 rings (SSSR count). The van der Waals surface area contributed by atoms with Gasteiger partial charge < -0.3 is 10.1 Å². The summed E-state index contributed by atoms with van der Waals surface area (Å²) >= 11 is 12.7. The molecule has 0 aliphatic heterocycles. The lowest BCUT2D eigenvalue weighted by molar-refractivity contribution is 0.102. The van der Waals surface area contributed by atoms with Gasteiger partial charge in [0.2, 0.25) is 0 Å². The largest absolute Gasteiger partial charge is 0.490 e. The molecule has 1 N–H and O–H groups in total. The second kappa shape index (κ2) is 10.7. The monoisotopic (exact) mass is 475 g/mol. The molecule has 0 unspecified atom stereocenters. The Morgan fingerprint density at radius 3 is 2.34 bits per heavy atom. The number of aromatic nitrogens is 2. The van der Waals surface area contributed by atoms with Gasteiger partial charge in [-0.25, -0.2) is 4.68 Å². The van der Waals surface area contributed by atoms with E-state index in [-0.39, 0.29) is 26.9 Å². The molecular formula is C24H27Cl2N3O3. The fourth-order valence-electron chi connectivity index (χ4n) is 3.43. The van der Waals surface area contributed by atoms with Crippen LogP contribution in [0.1, 0.15) is 48.7 Å². The highest BCUT2D eigenvalue weighted by Gasteiger charge is 2.20. The van der Waals surface area contributed by atoms with Gasteiger partial charge in [0.05, 0.1) is 28.0 Å². The van der Waals surface area contributed by atoms with Crippen LogP contribution in [0, 0.1) is 6.92 Å². The van der Waals surface area contributed by atoms with Crippen molar-refractivity contribution >= 4 is 34.8 Å². The summed E-state index contributed by atoms with van der Waals surface area (Å²) in [4.78, 5) is 25.9. The van der Waals surface area contributed by atoms with Gasteiger partial charge in [-0.05, 0) is 37.6 Å². The summed E-state index contributed by atoms with van der Waals surface area (Å²) in [6.45, 7) is 4.42. The van der Waals surface area contributed by atoms with Gasteiger partial charge in [0.25, 0.3) is 11.5 Å². The molecule has 1 aromatic heterocycles. The number of hydrogen-bond donors (Lipinski definition) is 1. The van der Waals surface area contributed by atoms with E-state index in [9.17, 15) is 9.59 Å². The molecule has 2 aromatic carbocycles. The first-order valence-electron chi connectivity index (χ1n) is 10.6. The van der Waals surface area contributed by atoms with Crippen molar-refractivity contribution in [1.29, 1.82) is 0 Å². The molecule has 6 nitrogen and oxygen atoms in total. The molecule has 1 amide bonds. The molecule has 1 heterocycles. The standard InChI is InChI=1S/C24H27Cl2N3O3/c1-4-5-6-10-13-32-22-19(25)14-17(15-20(22)26)23(30)27-21-16(2)28(3)29(24(21)31)18-11-8-7-9-12-18/h7-9,11-12,14-15H,4-6,10,13H2,1-3H3,(H,27,30). The Morgan fingerprint density at radius 2 is 1.72 bits per heavy atom. The summed E-state index contributed by atoms with van der Waals surface area (Å²) in [5.41, 5.74) is 1.44. The van der Waals surface area contributed by atoms with Crippen LogP contribution >= 0.6 is 23.2 Å². The minimum Gasteiger partial charge on any atom is -0.490 e. The van der Waals surface area contributed by atoms with Crippen LogP contribution < -0.4 is 15.6 Å². The lowest BCUT2D eigenvalue weighted by Crippen LogP contribution is -2.23. The molecule has 3 aromatic rings. The number of unbranched alkanes of at least 4 members (excludes halogenated alkanes) is 3. The van der Waals surface area contributed by atoms with Gasteiger partial charge in [0.1, 0.15) is 5.69 Å². The van der Waals surface area contributed by atoms with Gasteiger partial charge >= 0.3 is 0 Å². The van der Waals surface area contributed by atoms with E-state index in [1.165, 1.54) is 16.8 Å². The normalized spacial score (nSPS) is 10.9. The van der Waals surface area contributed by atoms with Crippen molar-refractivity contribution in [3.8, 4) is 11.4 Å². The Kier molecular flexibility index (Phi) is 8.04. The fourth-order valence-corrected chi connectivity index (χ4v) is 4.03. The van der Waals surface area contributed by atoms with Gasteiger partial charge in [0, 0.05) is 12.6 Å². The van der Waals surface area contributed by atoms with Crippen LogP contribution in [-0.2, 0) is 7.05 Å². The average Bonchev–Trinajstić information content (AvgIpc) is 2.98. The molecule has 170 valence electrons. The summed E-state index contributed by atoms with van der Waals surface area (Å²) in [5.74, 6) is -0.113. The van der Waals surface area contributed by atoms with Gasteiger partial charge in [-0.1, -0.05) is 67.6 Å². The number of halogens is 2. The molecule has 0 aliphatic carbocycles. The highest BCUT2D eigenvalue weighted by Crippen LogP contribution is 2.34. The van der Waals surface area contributed by atoms with E-state index >= 15 is 0 Å². The van der Waals surface area contributed by atoms with E-state index < -0.39 is 5.91 Å². The molecule has 0 spiro atoms. The fraction of sp³-hybridized carbons (Fsp3) is 0.333. The maximum absolute atomic E-state index is 13.0. The first-order valence-corrected chi connectivity index (χ1v) is 11.4. The molecule has 0 atom stereocenters. The molecule has 0 saturated heterocycles. The van der Waals surface area contributed by atoms with E-state index in [2.05, 4.69) is 12.2 Å². The number of rotatable bonds is 9. The molecule has 8 heteroatoms. The third-order valence-corrected chi connectivity index (χ3v) is 5.86. The predicted octanol–water partition coefficient (Wildman–Crippen LogP) is 6.00. The quantitative estimate of drug-likeness (QED) is 0.385. The zero-order valence-corrected chi connectivity index (χ0v) is 20.0. The Balaban J connectivity index is 1.80. The van der Waals surface area contributed by atoms with Crippen molar-refractivity contribution in [3.63, 3.8) is 0 Å². The van der Waals surface area contributed by atoms with Crippen LogP contribution in [0.4, 0.5) is 5.69 Å². The van der Waals surface area contributed by atoms with E-state index in [1.54, 1.807) is 18.7 Å². The number of nitrogens with zero attached hydrogens (tertiary/aromatic N) is 2. The van der Waals surface area contributed by atoms with Crippen LogP contribution in [0.25, 0.3) is 5.69 Å². The van der Waals surface area contributed by atoms with Crippen LogP contribution in [0.15, 0.2) is 47.3 Å². The number of nitrogens with one attached hydrogen (secondary N) is 1. The SMILES string of the molecule is CCCCCCOc1c(Cl)cc(C(=O)Nc2c(C)n(C)n(-c3ccccc3)c2=O)cc1Cl. The molecular weight excluding hydrogens is 449 g/mol. The van der Waals surface area contributed by atoms with Crippen LogP contribution in [0.3, 0.4) is 0 Å². The number of benzene rings is 2. The van der Waals surface area contributed by atoms with Crippen LogP contribution in [0.5, 0.6) is 5.75 Å². The minimum atomic E-state index is -0.477. The van der Waals surface area contributed by atoms with Gasteiger partial charge in [-0.15, -0.1) is 0 Å². The maximum Gasteiger partial charge on any atom is 0.295 e. The minimum absolute atomic E-state index is 0.199. The zero-order chi connectivity index (χ0) is 23.3. The lowest BCUT2D eigenvalue weighted by atomic mass is 10.2. The van der Waals surface area contributed by atoms with E-state index in [0.29, 0.717) is 23.7 Å². The van der Waals surface area contributed by atoms with E-state index in [1.807, 2.05) is 30.3 Å². The number of amides is 1. The van der Waals surface area contributed by atoms with Crippen molar-refractivity contribution in [2.45, 2.75) is 39.5 Å². The van der Waals surface area contributed by atoms with Gasteiger partial charge in [-0.3, -0.25) is 14.3 Å². The Labute approximate surface area is 197 Å². The number of para-hydroxylation sites is 1.